The van der Waals surface area contributed by atoms with Gasteiger partial charge in [0.1, 0.15) is 0 Å². The second-order valence-electron chi connectivity index (χ2n) is 5.92. The van der Waals surface area contributed by atoms with Gasteiger partial charge in [-0.25, -0.2) is 0 Å². The summed E-state index contributed by atoms with van der Waals surface area (Å²) in [5, 5.41) is 0. The second kappa shape index (κ2) is 13.4. The van der Waals surface area contributed by atoms with E-state index in [0.717, 1.165) is 6.54 Å². The Hall–Kier alpha value is -0.0800. The van der Waals surface area contributed by atoms with Crippen molar-refractivity contribution in [3.63, 3.8) is 0 Å². The Labute approximate surface area is 115 Å². The lowest BCUT2D eigenvalue weighted by atomic mass is 10.1. The summed E-state index contributed by atoms with van der Waals surface area (Å²) >= 11 is 0. The van der Waals surface area contributed by atoms with Gasteiger partial charge in [0.15, 0.2) is 0 Å². The number of hydrogen-bond acceptors (Lipinski definition) is 2. The van der Waals surface area contributed by atoms with Gasteiger partial charge in [0, 0.05) is 12.6 Å². The fraction of sp³-hybridized carbons (Fsp3) is 1.00. The molecule has 2 heteroatoms. The van der Waals surface area contributed by atoms with Gasteiger partial charge in [0.2, 0.25) is 0 Å². The predicted molar refractivity (Wildman–Crippen MR) is 83.0 cm³/mol. The minimum absolute atomic E-state index is 0.304. The van der Waals surface area contributed by atoms with Crippen LogP contribution in [0, 0.1) is 0 Å². The molecule has 0 aliphatic heterocycles. The molecule has 110 valence electrons. The fourth-order valence-corrected chi connectivity index (χ4v) is 2.45. The summed E-state index contributed by atoms with van der Waals surface area (Å²) in [4.78, 5) is 2.36. The van der Waals surface area contributed by atoms with E-state index in [2.05, 4.69) is 25.8 Å². The van der Waals surface area contributed by atoms with Crippen LogP contribution in [0.15, 0.2) is 0 Å². The first-order chi connectivity index (χ1) is 8.66. The zero-order valence-electron chi connectivity index (χ0n) is 13.1. The third kappa shape index (κ3) is 14.0. The highest BCUT2D eigenvalue weighted by Gasteiger charge is 2.00. The molecule has 18 heavy (non-hydrogen) atoms. The SMILES string of the molecule is CCCCCCCCCCCCN(C)CC(C)N. The minimum atomic E-state index is 0.304. The lowest BCUT2D eigenvalue weighted by molar-refractivity contribution is 0.308. The van der Waals surface area contributed by atoms with E-state index >= 15 is 0 Å². The van der Waals surface area contributed by atoms with E-state index in [1.165, 1.54) is 70.8 Å². The van der Waals surface area contributed by atoms with Crippen LogP contribution in [0.2, 0.25) is 0 Å². The van der Waals surface area contributed by atoms with Crippen LogP contribution in [0.4, 0.5) is 0 Å². The molecule has 0 radical (unpaired) electrons. The van der Waals surface area contributed by atoms with Crippen LogP contribution in [0.1, 0.15) is 78.1 Å². The van der Waals surface area contributed by atoms with Crippen molar-refractivity contribution in [2.75, 3.05) is 20.1 Å². The first kappa shape index (κ1) is 17.9. The van der Waals surface area contributed by atoms with Crippen LogP contribution in [0.25, 0.3) is 0 Å². The molecule has 0 spiro atoms. The van der Waals surface area contributed by atoms with Gasteiger partial charge in [-0.15, -0.1) is 0 Å². The first-order valence-corrected chi connectivity index (χ1v) is 8.11. The monoisotopic (exact) mass is 256 g/mol. The van der Waals surface area contributed by atoms with Gasteiger partial charge in [-0.1, -0.05) is 64.7 Å². The van der Waals surface area contributed by atoms with E-state index in [4.69, 9.17) is 5.73 Å². The van der Waals surface area contributed by atoms with E-state index in [-0.39, 0.29) is 0 Å². The normalized spacial score (nSPS) is 13.2. The van der Waals surface area contributed by atoms with Crippen LogP contribution in [-0.2, 0) is 0 Å². The number of likely N-dealkylation sites (N-methyl/N-ethyl adjacent to an activating group) is 1. The largest absolute Gasteiger partial charge is 0.327 e. The molecule has 0 heterocycles. The summed E-state index contributed by atoms with van der Waals surface area (Å²) in [7, 11) is 2.18. The lowest BCUT2D eigenvalue weighted by Gasteiger charge is -2.18. The van der Waals surface area contributed by atoms with Crippen molar-refractivity contribution in [3.8, 4) is 0 Å². The Morgan fingerprint density at radius 2 is 1.28 bits per heavy atom. The van der Waals surface area contributed by atoms with Crippen molar-refractivity contribution >= 4 is 0 Å². The predicted octanol–water partition coefficient (Wildman–Crippen LogP) is 4.19. The molecule has 0 aromatic rings. The molecular weight excluding hydrogens is 220 g/mol. The maximum absolute atomic E-state index is 5.77. The summed E-state index contributed by atoms with van der Waals surface area (Å²) in [6.45, 7) is 6.59. The standard InChI is InChI=1S/C16H36N2/c1-4-5-6-7-8-9-10-11-12-13-14-18(3)15-16(2)17/h16H,4-15,17H2,1-3H3. The highest BCUT2D eigenvalue weighted by atomic mass is 15.1. The molecule has 0 saturated carbocycles. The van der Waals surface area contributed by atoms with Gasteiger partial charge in [-0.05, 0) is 26.9 Å². The van der Waals surface area contributed by atoms with Gasteiger partial charge in [-0.2, -0.15) is 0 Å². The molecule has 0 aliphatic rings. The molecule has 0 aliphatic carbocycles. The molecule has 0 saturated heterocycles. The molecular formula is C16H36N2. The number of unbranched alkanes of at least 4 members (excludes halogenated alkanes) is 9. The van der Waals surface area contributed by atoms with E-state index in [1.54, 1.807) is 0 Å². The van der Waals surface area contributed by atoms with Crippen LogP contribution >= 0.6 is 0 Å². The minimum Gasteiger partial charge on any atom is -0.327 e. The van der Waals surface area contributed by atoms with Crippen molar-refractivity contribution in [2.24, 2.45) is 5.73 Å². The molecule has 0 rings (SSSR count). The number of nitrogens with two attached hydrogens (primary N) is 1. The third-order valence-corrected chi connectivity index (χ3v) is 3.49. The molecule has 0 aromatic heterocycles. The molecule has 0 fully saturated rings. The lowest BCUT2D eigenvalue weighted by Crippen LogP contribution is -2.33. The Balaban J connectivity index is 3.07. The Bertz CT molecular complexity index is 157. The Kier molecular flexibility index (Phi) is 13.3. The number of hydrogen-bond donors (Lipinski definition) is 1. The molecule has 0 amide bonds. The summed E-state index contributed by atoms with van der Waals surface area (Å²) in [6, 6.07) is 0.304. The van der Waals surface area contributed by atoms with E-state index < -0.39 is 0 Å². The molecule has 2 N–H and O–H groups in total. The quantitative estimate of drug-likeness (QED) is 0.501. The number of nitrogens with zero attached hydrogens (tertiary/aromatic N) is 1. The van der Waals surface area contributed by atoms with Crippen LogP contribution in [0.5, 0.6) is 0 Å². The van der Waals surface area contributed by atoms with Crippen LogP contribution < -0.4 is 5.73 Å². The van der Waals surface area contributed by atoms with Gasteiger partial charge < -0.3 is 10.6 Å². The topological polar surface area (TPSA) is 29.3 Å². The van der Waals surface area contributed by atoms with Gasteiger partial charge >= 0.3 is 0 Å². The maximum atomic E-state index is 5.77. The smallest absolute Gasteiger partial charge is 0.0139 e. The number of rotatable bonds is 13. The zero-order chi connectivity index (χ0) is 13.6. The van der Waals surface area contributed by atoms with Crippen molar-refractivity contribution in [1.29, 1.82) is 0 Å². The van der Waals surface area contributed by atoms with Crippen molar-refractivity contribution in [1.82, 2.24) is 4.90 Å². The van der Waals surface area contributed by atoms with Gasteiger partial charge in [0.05, 0.1) is 0 Å². The van der Waals surface area contributed by atoms with Gasteiger partial charge in [0.25, 0.3) is 0 Å². The summed E-state index contributed by atoms with van der Waals surface area (Å²) in [5.41, 5.74) is 5.77. The second-order valence-corrected chi connectivity index (χ2v) is 5.92. The Morgan fingerprint density at radius 3 is 1.72 bits per heavy atom. The molecule has 1 atom stereocenters. The maximum Gasteiger partial charge on any atom is 0.0139 e. The van der Waals surface area contributed by atoms with Crippen molar-refractivity contribution < 1.29 is 0 Å². The van der Waals surface area contributed by atoms with E-state index in [0.29, 0.717) is 6.04 Å². The summed E-state index contributed by atoms with van der Waals surface area (Å²) in [5.74, 6) is 0. The highest BCUT2D eigenvalue weighted by Crippen LogP contribution is 2.10. The van der Waals surface area contributed by atoms with Crippen molar-refractivity contribution in [3.05, 3.63) is 0 Å². The summed E-state index contributed by atoms with van der Waals surface area (Å²) in [6.07, 6.45) is 14.1. The summed E-state index contributed by atoms with van der Waals surface area (Å²) < 4.78 is 0. The fourth-order valence-electron chi connectivity index (χ4n) is 2.45. The molecule has 0 aromatic carbocycles. The highest BCUT2D eigenvalue weighted by molar-refractivity contribution is 4.60. The van der Waals surface area contributed by atoms with Gasteiger partial charge in [-0.3, -0.25) is 0 Å². The molecule has 2 nitrogen and oxygen atoms in total. The van der Waals surface area contributed by atoms with Crippen LogP contribution in [-0.4, -0.2) is 31.1 Å². The average molecular weight is 256 g/mol. The third-order valence-electron chi connectivity index (χ3n) is 3.49. The van der Waals surface area contributed by atoms with E-state index in [1.807, 2.05) is 0 Å². The zero-order valence-corrected chi connectivity index (χ0v) is 13.1. The first-order valence-electron chi connectivity index (χ1n) is 8.11. The molecule has 1 unspecified atom stereocenters. The van der Waals surface area contributed by atoms with Crippen molar-refractivity contribution in [2.45, 2.75) is 84.1 Å². The molecule has 0 bridgehead atoms. The van der Waals surface area contributed by atoms with E-state index in [9.17, 15) is 0 Å². The van der Waals surface area contributed by atoms with Crippen LogP contribution in [0.3, 0.4) is 0 Å². The Morgan fingerprint density at radius 1 is 0.833 bits per heavy atom. The average Bonchev–Trinajstić information content (AvgIpc) is 2.30.